The molecular formula is C13H14Cl4O4. The van der Waals surface area contributed by atoms with E-state index in [0.717, 1.165) is 0 Å². The Kier molecular flexibility index (Phi) is 3.67. The molecule has 0 amide bonds. The van der Waals surface area contributed by atoms with Crippen LogP contribution in [0.4, 0.5) is 0 Å². The number of ketones is 1. The van der Waals surface area contributed by atoms with Gasteiger partial charge in [0.15, 0.2) is 0 Å². The Hall–Kier alpha value is 0.450. The number of aliphatic hydroxyl groups is 1. The van der Waals surface area contributed by atoms with Gasteiger partial charge in [-0.2, -0.15) is 0 Å². The molecule has 3 aliphatic rings. The lowest BCUT2D eigenvalue weighted by atomic mass is 9.70. The lowest BCUT2D eigenvalue weighted by molar-refractivity contribution is -0.221. The second kappa shape index (κ2) is 4.73. The maximum absolute atomic E-state index is 12.4. The van der Waals surface area contributed by atoms with Gasteiger partial charge in [0.05, 0.1) is 22.1 Å². The number of aliphatic hydroxyl groups excluding tert-OH is 1. The minimum Gasteiger partial charge on any atom is -0.393 e. The first kappa shape index (κ1) is 16.3. The van der Waals surface area contributed by atoms with Gasteiger partial charge in [-0.3, -0.25) is 4.79 Å². The van der Waals surface area contributed by atoms with Crippen LogP contribution >= 0.6 is 46.4 Å². The van der Waals surface area contributed by atoms with Crippen molar-refractivity contribution < 1.29 is 19.4 Å². The molecule has 3 aliphatic carbocycles. The van der Waals surface area contributed by atoms with E-state index < -0.39 is 33.5 Å². The zero-order valence-corrected chi connectivity index (χ0v) is 14.4. The molecule has 4 nitrogen and oxygen atoms in total. The molecule has 0 aliphatic heterocycles. The highest BCUT2D eigenvalue weighted by atomic mass is 35.5. The predicted molar refractivity (Wildman–Crippen MR) is 79.9 cm³/mol. The highest BCUT2D eigenvalue weighted by molar-refractivity contribution is 6.52. The van der Waals surface area contributed by atoms with Gasteiger partial charge in [-0.1, -0.05) is 23.2 Å². The SMILES string of the molecule is COC1(OC)[C@@]2(Cl)C(Cl)=C(Cl)[C@]1(Cl)[C@@H]1[C@H](O)CCC(=O)[C@@H]12. The summed E-state index contributed by atoms with van der Waals surface area (Å²) < 4.78 is 11.0. The summed E-state index contributed by atoms with van der Waals surface area (Å²) in [7, 11) is 2.73. The summed E-state index contributed by atoms with van der Waals surface area (Å²) in [4.78, 5) is 9.40. The van der Waals surface area contributed by atoms with E-state index >= 15 is 0 Å². The van der Waals surface area contributed by atoms with Gasteiger partial charge < -0.3 is 14.6 Å². The van der Waals surface area contributed by atoms with Crippen molar-refractivity contribution in [2.45, 2.75) is 34.5 Å². The molecule has 0 spiro atoms. The number of hydrogen-bond acceptors (Lipinski definition) is 4. The van der Waals surface area contributed by atoms with Crippen LogP contribution in [0.1, 0.15) is 12.8 Å². The van der Waals surface area contributed by atoms with E-state index in [1.165, 1.54) is 14.2 Å². The Morgan fingerprint density at radius 3 is 2.19 bits per heavy atom. The fraction of sp³-hybridized carbons (Fsp3) is 0.769. The summed E-state index contributed by atoms with van der Waals surface area (Å²) in [5.74, 6) is -3.26. The predicted octanol–water partition coefficient (Wildman–Crippen LogP) is 2.60. The molecule has 0 radical (unpaired) electrons. The molecule has 21 heavy (non-hydrogen) atoms. The van der Waals surface area contributed by atoms with Crippen LogP contribution in [0, 0.1) is 11.8 Å². The molecule has 2 fully saturated rings. The van der Waals surface area contributed by atoms with Crippen LogP contribution in [0.2, 0.25) is 0 Å². The van der Waals surface area contributed by atoms with Gasteiger partial charge in [0.1, 0.15) is 15.5 Å². The zero-order chi connectivity index (χ0) is 15.8. The summed E-state index contributed by atoms with van der Waals surface area (Å²) >= 11 is 26.1. The van der Waals surface area contributed by atoms with Crippen molar-refractivity contribution in [2.24, 2.45) is 11.8 Å². The van der Waals surface area contributed by atoms with Crippen LogP contribution in [-0.4, -0.2) is 46.7 Å². The quantitative estimate of drug-likeness (QED) is 0.595. The van der Waals surface area contributed by atoms with Gasteiger partial charge >= 0.3 is 0 Å². The van der Waals surface area contributed by atoms with Crippen LogP contribution < -0.4 is 0 Å². The van der Waals surface area contributed by atoms with Gasteiger partial charge in [0.2, 0.25) is 5.79 Å². The van der Waals surface area contributed by atoms with E-state index in [0.29, 0.717) is 6.42 Å². The number of carbonyl (C=O) groups excluding carboxylic acids is 1. The third-order valence-electron chi connectivity index (χ3n) is 5.06. The smallest absolute Gasteiger partial charge is 0.218 e. The standard InChI is InChI=1S/C13H14Cl4O4/c1-20-13(21-2)11(16)7-5(18)3-4-6(19)8(7)12(13,17)10(15)9(11)14/h5,7-8,18H,3-4H2,1-2H3/t5-,7-,8+,11-,12+/m1/s1. The molecule has 2 saturated carbocycles. The van der Waals surface area contributed by atoms with E-state index in [-0.39, 0.29) is 22.3 Å². The average molecular weight is 376 g/mol. The first-order valence-electron chi connectivity index (χ1n) is 6.49. The molecule has 0 saturated heterocycles. The number of halogens is 4. The number of carbonyl (C=O) groups is 1. The summed E-state index contributed by atoms with van der Waals surface area (Å²) in [6.45, 7) is 0. The van der Waals surface area contributed by atoms with Crippen molar-refractivity contribution >= 4 is 52.2 Å². The lowest BCUT2D eigenvalue weighted by Crippen LogP contribution is -2.58. The Labute approximate surface area is 142 Å². The van der Waals surface area contributed by atoms with Gasteiger partial charge in [0.25, 0.3) is 0 Å². The number of methoxy groups -OCH3 is 2. The van der Waals surface area contributed by atoms with E-state index in [9.17, 15) is 9.90 Å². The van der Waals surface area contributed by atoms with Crippen molar-refractivity contribution in [3.05, 3.63) is 10.1 Å². The summed E-state index contributed by atoms with van der Waals surface area (Å²) in [5.41, 5.74) is 0. The number of Topliss-reactive ketones (excluding diaryl/α,β-unsaturated/α-hetero) is 1. The van der Waals surface area contributed by atoms with E-state index in [4.69, 9.17) is 55.9 Å². The molecule has 0 aromatic carbocycles. The fourth-order valence-corrected chi connectivity index (χ4v) is 6.53. The normalized spacial score (nSPS) is 48.0. The minimum absolute atomic E-state index is 0.0493. The van der Waals surface area contributed by atoms with Crippen LogP contribution in [0.15, 0.2) is 10.1 Å². The van der Waals surface area contributed by atoms with E-state index in [1.807, 2.05) is 0 Å². The highest BCUT2D eigenvalue weighted by Gasteiger charge is 2.86. The van der Waals surface area contributed by atoms with Gasteiger partial charge in [-0.15, -0.1) is 23.2 Å². The molecule has 0 unspecified atom stereocenters. The maximum Gasteiger partial charge on any atom is 0.218 e. The Balaban J connectivity index is 2.34. The molecule has 5 atom stereocenters. The zero-order valence-electron chi connectivity index (χ0n) is 11.3. The first-order chi connectivity index (χ1) is 9.74. The highest BCUT2D eigenvalue weighted by Crippen LogP contribution is 2.75. The second-order valence-electron chi connectivity index (χ2n) is 5.65. The van der Waals surface area contributed by atoms with Crippen LogP contribution in [0.25, 0.3) is 0 Å². The molecular weight excluding hydrogens is 362 g/mol. The van der Waals surface area contributed by atoms with Gasteiger partial charge in [0, 0.05) is 26.6 Å². The molecule has 118 valence electrons. The number of rotatable bonds is 2. The number of alkyl halides is 2. The monoisotopic (exact) mass is 374 g/mol. The molecule has 0 heterocycles. The lowest BCUT2D eigenvalue weighted by Gasteiger charge is -2.42. The van der Waals surface area contributed by atoms with Crippen LogP contribution in [0.5, 0.6) is 0 Å². The van der Waals surface area contributed by atoms with Crippen molar-refractivity contribution in [2.75, 3.05) is 14.2 Å². The van der Waals surface area contributed by atoms with Crippen molar-refractivity contribution in [3.63, 3.8) is 0 Å². The van der Waals surface area contributed by atoms with Crippen molar-refractivity contribution in [1.29, 1.82) is 0 Å². The summed E-state index contributed by atoms with van der Waals surface area (Å²) in [6.07, 6.45) is -0.337. The Bertz CT molecular complexity index is 546. The molecule has 2 bridgehead atoms. The van der Waals surface area contributed by atoms with Crippen LogP contribution in [-0.2, 0) is 14.3 Å². The number of hydrogen-bond donors (Lipinski definition) is 1. The Morgan fingerprint density at radius 1 is 1.14 bits per heavy atom. The minimum atomic E-state index is -1.62. The third-order valence-corrected chi connectivity index (χ3v) is 7.69. The third kappa shape index (κ3) is 1.44. The molecule has 8 heteroatoms. The topological polar surface area (TPSA) is 55.8 Å². The number of ether oxygens (including phenoxy) is 2. The summed E-state index contributed by atoms with van der Waals surface area (Å²) in [5, 5.41) is 10.5. The molecule has 0 aromatic rings. The van der Waals surface area contributed by atoms with Crippen LogP contribution in [0.3, 0.4) is 0 Å². The fourth-order valence-electron chi connectivity index (χ4n) is 4.27. The second-order valence-corrected chi connectivity index (χ2v) is 7.60. The van der Waals surface area contributed by atoms with Crippen molar-refractivity contribution in [3.8, 4) is 0 Å². The van der Waals surface area contributed by atoms with Gasteiger partial charge in [-0.05, 0) is 6.42 Å². The first-order valence-corrected chi connectivity index (χ1v) is 8.00. The van der Waals surface area contributed by atoms with Gasteiger partial charge in [-0.25, -0.2) is 0 Å². The average Bonchev–Trinajstić information content (AvgIpc) is 2.72. The maximum atomic E-state index is 12.4. The van der Waals surface area contributed by atoms with E-state index in [1.54, 1.807) is 0 Å². The number of fused-ring (bicyclic) bond motifs is 5. The summed E-state index contributed by atoms with van der Waals surface area (Å²) in [6, 6.07) is 0. The largest absolute Gasteiger partial charge is 0.393 e. The van der Waals surface area contributed by atoms with Crippen molar-refractivity contribution in [1.82, 2.24) is 0 Å². The molecule has 1 N–H and O–H groups in total. The van der Waals surface area contributed by atoms with E-state index in [2.05, 4.69) is 0 Å². The Morgan fingerprint density at radius 2 is 1.67 bits per heavy atom. The molecule has 3 rings (SSSR count). The molecule has 0 aromatic heterocycles.